The molecule has 3 aromatic carbocycles. The van der Waals surface area contributed by atoms with Gasteiger partial charge in [-0.15, -0.1) is 23.2 Å². The van der Waals surface area contributed by atoms with Gasteiger partial charge in [-0.05, 0) is 91.3 Å². The second kappa shape index (κ2) is 10.3. The molecule has 10 heteroatoms. The number of alkyl halides is 2. The van der Waals surface area contributed by atoms with E-state index in [1.54, 1.807) is 31.2 Å². The fourth-order valence-corrected chi connectivity index (χ4v) is 8.70. The number of phenolic OH excluding ortho intramolecular Hbond substituents is 1. The number of amides is 4. The van der Waals surface area contributed by atoms with Gasteiger partial charge in [-0.25, -0.2) is 9.29 Å². The Hall–Kier alpha value is -4.01. The number of fused-ring (bicyclic) bond motifs is 4. The van der Waals surface area contributed by atoms with Crippen LogP contribution in [0.4, 0.5) is 15.8 Å². The topological polar surface area (TPSA) is 95.0 Å². The third-order valence-corrected chi connectivity index (χ3v) is 11.5. The van der Waals surface area contributed by atoms with Gasteiger partial charge in [0.05, 0.1) is 23.2 Å². The number of imide groups is 2. The van der Waals surface area contributed by atoms with Crippen molar-refractivity contribution in [2.45, 2.75) is 48.8 Å². The molecule has 2 aliphatic carbocycles. The van der Waals surface area contributed by atoms with Gasteiger partial charge in [-0.1, -0.05) is 42.8 Å². The van der Waals surface area contributed by atoms with Crippen molar-refractivity contribution in [2.24, 2.45) is 17.8 Å². The second-order valence-corrected chi connectivity index (χ2v) is 13.6. The van der Waals surface area contributed by atoms with E-state index in [4.69, 9.17) is 23.2 Å². The molecule has 7 nitrogen and oxygen atoms in total. The summed E-state index contributed by atoms with van der Waals surface area (Å²) in [6.07, 6.45) is 2.75. The van der Waals surface area contributed by atoms with E-state index in [1.165, 1.54) is 23.1 Å². The van der Waals surface area contributed by atoms with Gasteiger partial charge in [0.2, 0.25) is 11.8 Å². The minimum Gasteiger partial charge on any atom is -0.508 e. The van der Waals surface area contributed by atoms with Gasteiger partial charge in [0.1, 0.15) is 11.6 Å². The van der Waals surface area contributed by atoms with Gasteiger partial charge in [-0.3, -0.25) is 24.1 Å². The molecular weight excluding hydrogens is 618 g/mol. The van der Waals surface area contributed by atoms with Crippen LogP contribution in [0, 0.1) is 30.5 Å². The molecule has 2 aliphatic heterocycles. The maximum atomic E-state index is 14.4. The molecule has 4 amide bonds. The lowest BCUT2D eigenvalue weighted by molar-refractivity contribution is -0.125. The highest BCUT2D eigenvalue weighted by atomic mass is 35.5. The molecule has 0 radical (unpaired) electrons. The molecule has 0 bridgehead atoms. The van der Waals surface area contributed by atoms with Crippen molar-refractivity contribution < 1.29 is 28.7 Å². The van der Waals surface area contributed by atoms with Gasteiger partial charge < -0.3 is 5.11 Å². The first-order valence-corrected chi connectivity index (χ1v) is 15.7. The number of hydrogen-bond donors (Lipinski definition) is 1. The smallest absolute Gasteiger partial charge is 0.258 e. The maximum Gasteiger partial charge on any atom is 0.258 e. The number of phenols is 1. The Morgan fingerprint density at radius 2 is 1.51 bits per heavy atom. The van der Waals surface area contributed by atoms with E-state index in [2.05, 4.69) is 0 Å². The first kappa shape index (κ1) is 29.7. The lowest BCUT2D eigenvalue weighted by Crippen LogP contribution is -2.60. The third kappa shape index (κ3) is 4.01. The van der Waals surface area contributed by atoms with Crippen molar-refractivity contribution in [1.29, 1.82) is 0 Å². The summed E-state index contributed by atoms with van der Waals surface area (Å²) in [5, 5.41) is 10.3. The number of halogens is 3. The number of anilines is 2. The number of carbonyl (C=O) groups is 4. The van der Waals surface area contributed by atoms with E-state index in [0.29, 0.717) is 22.4 Å². The molecule has 3 aromatic rings. The SMILES string of the molecule is CCc1ccc(N2C(=O)C3CC=C4C(CC5(Cl)C(=O)N(c6ccc(F)cc6)C(=O)C5(Cl)C4c4ccc(O)c(C)c4)C3C2=O)cc1. The summed E-state index contributed by atoms with van der Waals surface area (Å²) in [7, 11) is 0. The summed E-state index contributed by atoms with van der Waals surface area (Å²) in [5.74, 6) is -5.93. The molecule has 1 saturated carbocycles. The minimum atomic E-state index is -2.03. The molecule has 3 fully saturated rings. The van der Waals surface area contributed by atoms with Crippen molar-refractivity contribution in [3.05, 3.63) is 101 Å². The molecule has 2 heterocycles. The summed E-state index contributed by atoms with van der Waals surface area (Å²) in [6.45, 7) is 3.72. The molecule has 0 aromatic heterocycles. The Labute approximate surface area is 269 Å². The predicted octanol–water partition coefficient (Wildman–Crippen LogP) is 6.17. The number of nitrogens with zero attached hydrogens (tertiary/aromatic N) is 2. The van der Waals surface area contributed by atoms with Crippen LogP contribution >= 0.6 is 23.2 Å². The molecule has 2 saturated heterocycles. The number of allylic oxidation sites excluding steroid dienone is 2. The third-order valence-electron chi connectivity index (χ3n) is 10.1. The van der Waals surface area contributed by atoms with E-state index >= 15 is 0 Å². The largest absolute Gasteiger partial charge is 0.508 e. The lowest BCUT2D eigenvalue weighted by atomic mass is 9.56. The summed E-state index contributed by atoms with van der Waals surface area (Å²) >= 11 is 14.8. The fourth-order valence-electron chi connectivity index (χ4n) is 7.77. The van der Waals surface area contributed by atoms with E-state index in [-0.39, 0.29) is 36.1 Å². The minimum absolute atomic E-state index is 0.0348. The normalized spacial score (nSPS) is 30.7. The molecule has 6 unspecified atom stereocenters. The predicted molar refractivity (Wildman–Crippen MR) is 168 cm³/mol. The molecule has 7 rings (SSSR count). The van der Waals surface area contributed by atoms with Gasteiger partial charge in [0, 0.05) is 5.92 Å². The highest BCUT2D eigenvalue weighted by molar-refractivity contribution is 6.58. The summed E-state index contributed by atoms with van der Waals surface area (Å²) in [6, 6.07) is 17.0. The molecule has 6 atom stereocenters. The summed E-state index contributed by atoms with van der Waals surface area (Å²) < 4.78 is 13.8. The maximum absolute atomic E-state index is 14.4. The van der Waals surface area contributed by atoms with Crippen LogP contribution in [0.2, 0.25) is 0 Å². The zero-order valence-corrected chi connectivity index (χ0v) is 26.0. The van der Waals surface area contributed by atoms with E-state index in [0.717, 1.165) is 29.0 Å². The van der Waals surface area contributed by atoms with Crippen LogP contribution in [0.25, 0.3) is 0 Å². The van der Waals surface area contributed by atoms with E-state index in [1.807, 2.05) is 25.1 Å². The fraction of sp³-hybridized carbons (Fsp3) is 0.314. The van der Waals surface area contributed by atoms with Gasteiger partial charge in [-0.2, -0.15) is 0 Å². The van der Waals surface area contributed by atoms with Crippen LogP contribution in [-0.2, 0) is 25.6 Å². The number of aromatic hydroxyl groups is 1. The van der Waals surface area contributed by atoms with Crippen LogP contribution in [0.15, 0.2) is 78.4 Å². The number of benzene rings is 3. The monoisotopic (exact) mass is 646 g/mol. The molecule has 45 heavy (non-hydrogen) atoms. The second-order valence-electron chi connectivity index (χ2n) is 12.3. The average molecular weight is 648 g/mol. The van der Waals surface area contributed by atoms with Crippen LogP contribution in [0.1, 0.15) is 42.4 Å². The van der Waals surface area contributed by atoms with Crippen molar-refractivity contribution in [3.8, 4) is 5.75 Å². The van der Waals surface area contributed by atoms with Crippen molar-refractivity contribution in [3.63, 3.8) is 0 Å². The number of hydrogen-bond acceptors (Lipinski definition) is 5. The van der Waals surface area contributed by atoms with E-state index in [9.17, 15) is 28.7 Å². The summed E-state index contributed by atoms with van der Waals surface area (Å²) in [4.78, 5) is 54.8. The lowest BCUT2D eigenvalue weighted by Gasteiger charge is -2.50. The van der Waals surface area contributed by atoms with Crippen molar-refractivity contribution in [1.82, 2.24) is 0 Å². The van der Waals surface area contributed by atoms with Gasteiger partial charge >= 0.3 is 0 Å². The Balaban J connectivity index is 1.38. The van der Waals surface area contributed by atoms with E-state index < -0.39 is 51.1 Å². The standard InChI is InChI=1S/C35H29Cl2FN2O5/c1-3-19-4-9-22(10-5-19)39-30(42)25-14-13-24-26(28(25)31(39)43)17-34(36)32(44)40(23-11-7-21(38)8-12-23)33(45)35(34,37)29(24)20-6-15-27(41)18(2)16-20/h4-13,15-16,25-26,28-29,41H,3,14,17H2,1-2H3. The Bertz CT molecular complexity index is 1830. The number of aryl methyl sites for hydroxylation is 2. The molecule has 230 valence electrons. The number of carbonyl (C=O) groups excluding carboxylic acids is 4. The highest BCUT2D eigenvalue weighted by Crippen LogP contribution is 2.66. The molecule has 1 N–H and O–H groups in total. The van der Waals surface area contributed by atoms with Gasteiger partial charge in [0.25, 0.3) is 11.8 Å². The van der Waals surface area contributed by atoms with Crippen LogP contribution in [-0.4, -0.2) is 38.5 Å². The first-order chi connectivity index (χ1) is 21.4. The molecule has 4 aliphatic rings. The average Bonchev–Trinajstić information content (AvgIpc) is 3.37. The van der Waals surface area contributed by atoms with Crippen LogP contribution in [0.3, 0.4) is 0 Å². The van der Waals surface area contributed by atoms with Crippen molar-refractivity contribution >= 4 is 58.2 Å². The first-order valence-electron chi connectivity index (χ1n) is 14.9. The van der Waals surface area contributed by atoms with Crippen molar-refractivity contribution in [2.75, 3.05) is 9.80 Å². The quantitative estimate of drug-likeness (QED) is 0.208. The molecule has 0 spiro atoms. The van der Waals surface area contributed by atoms with Crippen LogP contribution in [0.5, 0.6) is 5.75 Å². The highest BCUT2D eigenvalue weighted by Gasteiger charge is 2.76. The Kier molecular flexibility index (Phi) is 6.77. The summed E-state index contributed by atoms with van der Waals surface area (Å²) in [5.41, 5.74) is 3.36. The van der Waals surface area contributed by atoms with Gasteiger partial charge in [0.15, 0.2) is 9.75 Å². The van der Waals surface area contributed by atoms with Crippen LogP contribution < -0.4 is 9.80 Å². The molecular formula is C35H29Cl2FN2O5. The Morgan fingerprint density at radius 3 is 2.16 bits per heavy atom. The zero-order valence-electron chi connectivity index (χ0n) is 24.5. The zero-order chi connectivity index (χ0) is 32.0. The Morgan fingerprint density at radius 1 is 0.867 bits per heavy atom. The number of rotatable bonds is 4.